The van der Waals surface area contributed by atoms with E-state index in [9.17, 15) is 49.1 Å². The molecule has 0 amide bonds. The Morgan fingerprint density at radius 2 is 1.62 bits per heavy atom. The van der Waals surface area contributed by atoms with Crippen molar-refractivity contribution in [1.82, 2.24) is 10.2 Å². The highest BCUT2D eigenvalue weighted by Gasteiger charge is 2.60. The Morgan fingerprint density at radius 1 is 1.02 bits per heavy atom. The van der Waals surface area contributed by atoms with Crippen molar-refractivity contribution in [2.75, 3.05) is 19.6 Å². The number of halogens is 9. The summed E-state index contributed by atoms with van der Waals surface area (Å²) in [6, 6.07) is 1.21. The number of nitrogens with zero attached hydrogens (tertiary/aromatic N) is 1. The molecule has 226 valence electrons. The van der Waals surface area contributed by atoms with E-state index >= 15 is 0 Å². The molecule has 16 heteroatoms. The van der Waals surface area contributed by atoms with Crippen LogP contribution >= 0.6 is 0 Å². The van der Waals surface area contributed by atoms with Crippen LogP contribution in [0.25, 0.3) is 0 Å². The van der Waals surface area contributed by atoms with Gasteiger partial charge in [0.2, 0.25) is 5.60 Å². The van der Waals surface area contributed by atoms with Crippen LogP contribution in [-0.2, 0) is 31.8 Å². The van der Waals surface area contributed by atoms with E-state index in [0.29, 0.717) is 6.07 Å². The van der Waals surface area contributed by atoms with E-state index in [1.165, 1.54) is 6.07 Å². The maximum Gasteiger partial charge on any atom is 0.434 e. The first kappa shape index (κ1) is 31.8. The third kappa shape index (κ3) is 7.71. The van der Waals surface area contributed by atoms with Gasteiger partial charge < -0.3 is 19.5 Å². The Kier molecular flexibility index (Phi) is 8.67. The molecule has 0 bridgehead atoms. The minimum absolute atomic E-state index is 0.0480. The van der Waals surface area contributed by atoms with Crippen molar-refractivity contribution in [2.24, 2.45) is 0 Å². The van der Waals surface area contributed by atoms with Crippen LogP contribution in [0.4, 0.5) is 39.5 Å². The average molecular weight is 594 g/mol. The predicted octanol–water partition coefficient (Wildman–Crippen LogP) is 4.77. The Morgan fingerprint density at radius 3 is 2.12 bits per heavy atom. The van der Waals surface area contributed by atoms with Crippen LogP contribution in [0.3, 0.4) is 0 Å². The largest absolute Gasteiger partial charge is 0.475 e. The van der Waals surface area contributed by atoms with Gasteiger partial charge in [-0.2, -0.15) is 39.5 Å². The first-order chi connectivity index (χ1) is 18.1. The van der Waals surface area contributed by atoms with Crippen molar-refractivity contribution >= 4 is 11.9 Å². The standard InChI is InChI=1S/C24H27F9N2O5/c1-20(2,3)40-19(37)21(7-8-21)39-16-13(5-4-6-14(16)22(25,26)27)12-35-10-9-34-11-15(35)17(36)38-18(23(28,29)30)24(31,32)33/h4-6,15,18,34H,7-12H2,1-3H3. The number of para-hydroxylation sites is 1. The molecule has 1 aromatic rings. The number of carbonyl (C=O) groups excluding carboxylic acids is 2. The van der Waals surface area contributed by atoms with Gasteiger partial charge in [0.15, 0.2) is 0 Å². The number of ether oxygens (including phenoxy) is 3. The fourth-order valence-corrected chi connectivity index (χ4v) is 3.98. The third-order valence-corrected chi connectivity index (χ3v) is 6.00. The van der Waals surface area contributed by atoms with E-state index in [2.05, 4.69) is 10.1 Å². The number of carbonyl (C=O) groups is 2. The minimum Gasteiger partial charge on any atom is -0.475 e. The van der Waals surface area contributed by atoms with E-state index in [1.807, 2.05) is 0 Å². The molecular weight excluding hydrogens is 567 g/mol. The maximum absolute atomic E-state index is 13.9. The van der Waals surface area contributed by atoms with Crippen LogP contribution in [0.15, 0.2) is 18.2 Å². The molecule has 0 spiro atoms. The summed E-state index contributed by atoms with van der Waals surface area (Å²) >= 11 is 0. The number of hydrogen-bond donors (Lipinski definition) is 1. The summed E-state index contributed by atoms with van der Waals surface area (Å²) in [5.41, 5.74) is -4.14. The molecule has 1 atom stereocenters. The molecule has 1 aliphatic carbocycles. The van der Waals surface area contributed by atoms with E-state index in [1.54, 1.807) is 20.8 Å². The molecule has 1 saturated carbocycles. The molecule has 40 heavy (non-hydrogen) atoms. The summed E-state index contributed by atoms with van der Waals surface area (Å²) in [5, 5.41) is 2.64. The van der Waals surface area contributed by atoms with Gasteiger partial charge in [-0.1, -0.05) is 12.1 Å². The normalized spacial score (nSPS) is 20.3. The monoisotopic (exact) mass is 594 g/mol. The van der Waals surface area contributed by atoms with Gasteiger partial charge in [-0.15, -0.1) is 0 Å². The van der Waals surface area contributed by atoms with Crippen molar-refractivity contribution in [2.45, 2.75) is 82.0 Å². The molecule has 1 saturated heterocycles. The summed E-state index contributed by atoms with van der Waals surface area (Å²) < 4.78 is 134. The fourth-order valence-electron chi connectivity index (χ4n) is 3.98. The summed E-state index contributed by atoms with van der Waals surface area (Å²) in [6.07, 6.45) is -21.1. The van der Waals surface area contributed by atoms with Crippen molar-refractivity contribution in [1.29, 1.82) is 0 Å². The number of esters is 2. The first-order valence-corrected chi connectivity index (χ1v) is 12.0. The molecule has 7 nitrogen and oxygen atoms in total. The molecule has 2 aliphatic rings. The van der Waals surface area contributed by atoms with Gasteiger partial charge in [-0.05, 0) is 26.8 Å². The predicted molar refractivity (Wildman–Crippen MR) is 119 cm³/mol. The second-order valence-electron chi connectivity index (χ2n) is 10.5. The van der Waals surface area contributed by atoms with E-state index in [4.69, 9.17) is 9.47 Å². The first-order valence-electron chi connectivity index (χ1n) is 12.0. The number of nitrogens with one attached hydrogen (secondary N) is 1. The third-order valence-electron chi connectivity index (χ3n) is 6.00. The van der Waals surface area contributed by atoms with Crippen molar-refractivity contribution in [3.05, 3.63) is 29.3 Å². The molecule has 1 aliphatic heterocycles. The molecule has 1 unspecified atom stereocenters. The average Bonchev–Trinajstić information content (AvgIpc) is 3.56. The highest BCUT2D eigenvalue weighted by atomic mass is 19.4. The minimum atomic E-state index is -5.94. The molecule has 1 aromatic carbocycles. The van der Waals surface area contributed by atoms with Gasteiger partial charge >= 0.3 is 30.5 Å². The van der Waals surface area contributed by atoms with Gasteiger partial charge in [-0.3, -0.25) is 9.69 Å². The summed E-state index contributed by atoms with van der Waals surface area (Å²) in [7, 11) is 0. The van der Waals surface area contributed by atoms with Crippen LogP contribution in [0.1, 0.15) is 44.7 Å². The van der Waals surface area contributed by atoms with Crippen LogP contribution in [0, 0.1) is 0 Å². The zero-order valence-corrected chi connectivity index (χ0v) is 21.5. The van der Waals surface area contributed by atoms with Gasteiger partial charge in [0.05, 0.1) is 5.56 Å². The second-order valence-corrected chi connectivity index (χ2v) is 10.5. The Bertz CT molecular complexity index is 1080. The van der Waals surface area contributed by atoms with Crippen LogP contribution < -0.4 is 10.1 Å². The molecule has 0 radical (unpaired) electrons. The van der Waals surface area contributed by atoms with Gasteiger partial charge in [0, 0.05) is 44.6 Å². The lowest BCUT2D eigenvalue weighted by Crippen LogP contribution is -2.57. The van der Waals surface area contributed by atoms with Crippen LogP contribution in [-0.4, -0.2) is 72.2 Å². The maximum atomic E-state index is 13.9. The Hall–Kier alpha value is -2.75. The number of alkyl halides is 9. The van der Waals surface area contributed by atoms with Crippen molar-refractivity contribution < 1.29 is 63.3 Å². The zero-order valence-electron chi connectivity index (χ0n) is 21.5. The molecule has 3 rings (SSSR count). The van der Waals surface area contributed by atoms with E-state index < -0.39 is 78.2 Å². The molecular formula is C24H27F9N2O5. The fraction of sp³-hybridized carbons (Fsp3) is 0.667. The highest BCUT2D eigenvalue weighted by molar-refractivity contribution is 5.84. The number of benzene rings is 1. The Labute approximate surface area is 222 Å². The summed E-state index contributed by atoms with van der Waals surface area (Å²) in [6.45, 7) is 3.66. The highest BCUT2D eigenvalue weighted by Crippen LogP contribution is 2.47. The van der Waals surface area contributed by atoms with Crippen molar-refractivity contribution in [3.63, 3.8) is 0 Å². The topological polar surface area (TPSA) is 77.1 Å². The second kappa shape index (κ2) is 10.9. The van der Waals surface area contributed by atoms with Gasteiger partial charge in [-0.25, -0.2) is 4.79 Å². The zero-order chi connectivity index (χ0) is 30.3. The lowest BCUT2D eigenvalue weighted by Gasteiger charge is -2.36. The summed E-state index contributed by atoms with van der Waals surface area (Å²) in [5.74, 6) is -3.52. The quantitative estimate of drug-likeness (QED) is 0.360. The summed E-state index contributed by atoms with van der Waals surface area (Å²) in [4.78, 5) is 26.3. The lowest BCUT2D eigenvalue weighted by molar-refractivity contribution is -0.314. The number of rotatable bonds is 7. The van der Waals surface area contributed by atoms with Crippen LogP contribution in [0.2, 0.25) is 0 Å². The van der Waals surface area contributed by atoms with E-state index in [-0.39, 0.29) is 31.5 Å². The SMILES string of the molecule is CC(C)(C)OC(=O)C1(Oc2c(CN3CCNCC3C(=O)OC(C(F)(F)F)C(F)(F)F)cccc2C(F)(F)F)CC1. The smallest absolute Gasteiger partial charge is 0.434 e. The molecule has 2 fully saturated rings. The van der Waals surface area contributed by atoms with Gasteiger partial charge in [0.1, 0.15) is 17.4 Å². The van der Waals surface area contributed by atoms with Crippen molar-refractivity contribution in [3.8, 4) is 5.75 Å². The molecule has 1 N–H and O–H groups in total. The number of piperazine rings is 1. The van der Waals surface area contributed by atoms with E-state index in [0.717, 1.165) is 11.0 Å². The molecule has 0 aromatic heterocycles. The van der Waals surface area contributed by atoms with Gasteiger partial charge in [0.25, 0.3) is 6.10 Å². The van der Waals surface area contributed by atoms with Crippen LogP contribution in [0.5, 0.6) is 5.75 Å². The molecule has 1 heterocycles. The Balaban J connectivity index is 1.92. The number of hydrogen-bond acceptors (Lipinski definition) is 7. The lowest BCUT2D eigenvalue weighted by atomic mass is 10.1.